The minimum Gasteiger partial charge on any atom is -0.294 e. The maximum atomic E-state index is 14.5. The molecule has 2 aliphatic rings. The van der Waals surface area contributed by atoms with E-state index in [0.717, 1.165) is 42.8 Å². The smallest absolute Gasteiger partial charge is 0.257 e. The summed E-state index contributed by atoms with van der Waals surface area (Å²) in [5, 5.41) is 6.22. The quantitative estimate of drug-likeness (QED) is 0.798. The molecular formula is C23H26FN3O. The summed E-state index contributed by atoms with van der Waals surface area (Å²) in [4.78, 5) is 15.2. The van der Waals surface area contributed by atoms with Crippen LogP contribution in [0, 0.1) is 19.7 Å². The van der Waals surface area contributed by atoms with Crippen molar-refractivity contribution in [1.82, 2.24) is 9.91 Å². The Morgan fingerprint density at radius 3 is 2.61 bits per heavy atom. The maximum Gasteiger partial charge on any atom is 0.257 e. The van der Waals surface area contributed by atoms with Crippen LogP contribution in [0.15, 0.2) is 47.6 Å². The van der Waals surface area contributed by atoms with Crippen LogP contribution in [0.3, 0.4) is 0 Å². The van der Waals surface area contributed by atoms with Crippen LogP contribution in [0.5, 0.6) is 0 Å². The van der Waals surface area contributed by atoms with E-state index in [0.29, 0.717) is 18.5 Å². The topological polar surface area (TPSA) is 35.9 Å². The monoisotopic (exact) mass is 379 g/mol. The van der Waals surface area contributed by atoms with Gasteiger partial charge in [-0.05, 0) is 51.4 Å². The molecular weight excluding hydrogens is 353 g/mol. The van der Waals surface area contributed by atoms with Gasteiger partial charge < -0.3 is 0 Å². The van der Waals surface area contributed by atoms with Crippen LogP contribution in [-0.2, 0) is 4.79 Å². The zero-order chi connectivity index (χ0) is 19.7. The van der Waals surface area contributed by atoms with Crippen molar-refractivity contribution in [3.05, 3.63) is 70.5 Å². The highest BCUT2D eigenvalue weighted by atomic mass is 19.1. The van der Waals surface area contributed by atoms with Gasteiger partial charge in [-0.25, -0.2) is 9.40 Å². The lowest BCUT2D eigenvalue weighted by molar-refractivity contribution is -0.134. The fourth-order valence-electron chi connectivity index (χ4n) is 4.23. The molecule has 2 aliphatic heterocycles. The Bertz CT molecular complexity index is 918. The number of likely N-dealkylation sites (tertiary alicyclic amines) is 1. The second-order valence-electron chi connectivity index (χ2n) is 7.83. The molecule has 146 valence electrons. The molecule has 28 heavy (non-hydrogen) atoms. The van der Waals surface area contributed by atoms with Gasteiger partial charge in [-0.2, -0.15) is 5.10 Å². The Balaban J connectivity index is 1.67. The van der Waals surface area contributed by atoms with E-state index in [-0.39, 0.29) is 11.7 Å². The first-order chi connectivity index (χ1) is 13.5. The molecule has 1 amide bonds. The van der Waals surface area contributed by atoms with E-state index < -0.39 is 6.04 Å². The molecule has 0 bridgehead atoms. The van der Waals surface area contributed by atoms with Crippen molar-refractivity contribution in [2.24, 2.45) is 5.10 Å². The molecule has 4 rings (SSSR count). The minimum atomic E-state index is -0.396. The van der Waals surface area contributed by atoms with E-state index in [1.807, 2.05) is 6.07 Å². The highest BCUT2D eigenvalue weighted by molar-refractivity contribution is 6.04. The van der Waals surface area contributed by atoms with Gasteiger partial charge in [0.1, 0.15) is 5.82 Å². The van der Waals surface area contributed by atoms with E-state index in [1.54, 1.807) is 12.1 Å². The Labute approximate surface area is 165 Å². The molecule has 1 saturated heterocycles. The van der Waals surface area contributed by atoms with E-state index in [1.165, 1.54) is 16.6 Å². The number of aryl methyl sites for hydroxylation is 2. The normalized spacial score (nSPS) is 19.9. The maximum absolute atomic E-state index is 14.5. The molecule has 2 heterocycles. The third-order valence-corrected chi connectivity index (χ3v) is 5.68. The van der Waals surface area contributed by atoms with E-state index in [2.05, 4.69) is 36.9 Å². The summed E-state index contributed by atoms with van der Waals surface area (Å²) in [6, 6.07) is 12.5. The highest BCUT2D eigenvalue weighted by Crippen LogP contribution is 2.35. The molecule has 5 heteroatoms. The van der Waals surface area contributed by atoms with Crippen molar-refractivity contribution in [2.45, 2.75) is 39.2 Å². The Morgan fingerprint density at radius 2 is 1.89 bits per heavy atom. The third kappa shape index (κ3) is 3.72. The number of amides is 1. The Kier molecular flexibility index (Phi) is 5.27. The first kappa shape index (κ1) is 18.8. The van der Waals surface area contributed by atoms with Gasteiger partial charge in [0.2, 0.25) is 0 Å². The first-order valence-corrected chi connectivity index (χ1v) is 9.97. The van der Waals surface area contributed by atoms with Crippen LogP contribution in [0.25, 0.3) is 0 Å². The van der Waals surface area contributed by atoms with Crippen molar-refractivity contribution in [2.75, 3.05) is 19.6 Å². The summed E-state index contributed by atoms with van der Waals surface area (Å²) in [6.07, 6.45) is 2.78. The molecule has 1 atom stereocenters. The summed E-state index contributed by atoms with van der Waals surface area (Å²) >= 11 is 0. The second-order valence-corrected chi connectivity index (χ2v) is 7.83. The van der Waals surface area contributed by atoms with Gasteiger partial charge in [-0.1, -0.05) is 42.0 Å². The van der Waals surface area contributed by atoms with Gasteiger partial charge in [0.05, 0.1) is 18.3 Å². The fourth-order valence-corrected chi connectivity index (χ4v) is 4.23. The Morgan fingerprint density at radius 1 is 1.14 bits per heavy atom. The number of rotatable bonds is 4. The van der Waals surface area contributed by atoms with Gasteiger partial charge in [0.15, 0.2) is 0 Å². The van der Waals surface area contributed by atoms with Gasteiger partial charge in [-0.15, -0.1) is 0 Å². The molecule has 0 spiro atoms. The van der Waals surface area contributed by atoms with Gasteiger partial charge in [0, 0.05) is 17.5 Å². The number of benzene rings is 2. The zero-order valence-corrected chi connectivity index (χ0v) is 16.5. The number of halogens is 1. The summed E-state index contributed by atoms with van der Waals surface area (Å²) in [5.74, 6) is -0.349. The predicted octanol–water partition coefficient (Wildman–Crippen LogP) is 4.22. The van der Waals surface area contributed by atoms with E-state index in [9.17, 15) is 9.18 Å². The van der Waals surface area contributed by atoms with Crippen molar-refractivity contribution < 1.29 is 9.18 Å². The highest BCUT2D eigenvalue weighted by Gasteiger charge is 2.35. The van der Waals surface area contributed by atoms with Gasteiger partial charge in [-0.3, -0.25) is 9.69 Å². The van der Waals surface area contributed by atoms with Crippen LogP contribution in [0.1, 0.15) is 47.6 Å². The number of hydrogen-bond acceptors (Lipinski definition) is 3. The standard InChI is InChI=1S/C23H26FN3O/c1-16-9-10-18(17(2)13-16)21-14-22(19-7-3-4-8-20(19)24)27(25-21)23(28)15-26-11-5-6-12-26/h3-4,7-10,13,22H,5-6,11-12,14-15H2,1-2H3/t22-/m1/s1. The van der Waals surface area contributed by atoms with Gasteiger partial charge in [0.25, 0.3) is 5.91 Å². The molecule has 4 nitrogen and oxygen atoms in total. The average Bonchev–Trinajstić information content (AvgIpc) is 3.32. The van der Waals surface area contributed by atoms with E-state index >= 15 is 0 Å². The van der Waals surface area contributed by atoms with E-state index in [4.69, 9.17) is 5.10 Å². The molecule has 0 aromatic heterocycles. The fraction of sp³-hybridized carbons (Fsp3) is 0.391. The molecule has 0 N–H and O–H groups in total. The molecule has 0 unspecified atom stereocenters. The van der Waals surface area contributed by atoms with Crippen molar-refractivity contribution in [3.8, 4) is 0 Å². The van der Waals surface area contributed by atoms with Crippen molar-refractivity contribution >= 4 is 11.6 Å². The largest absolute Gasteiger partial charge is 0.294 e. The SMILES string of the molecule is Cc1ccc(C2=NN(C(=O)CN3CCCC3)[C@@H](c3ccccc3F)C2)c(C)c1. The molecule has 2 aromatic carbocycles. The van der Waals surface area contributed by atoms with Gasteiger partial charge >= 0.3 is 0 Å². The van der Waals surface area contributed by atoms with Crippen molar-refractivity contribution in [1.29, 1.82) is 0 Å². The lowest BCUT2D eigenvalue weighted by Crippen LogP contribution is -2.37. The minimum absolute atomic E-state index is 0.0603. The summed E-state index contributed by atoms with van der Waals surface area (Å²) < 4.78 is 14.5. The van der Waals surface area contributed by atoms with Crippen LogP contribution < -0.4 is 0 Å². The lowest BCUT2D eigenvalue weighted by Gasteiger charge is -2.24. The third-order valence-electron chi connectivity index (χ3n) is 5.68. The summed E-state index contributed by atoms with van der Waals surface area (Å²) in [7, 11) is 0. The predicted molar refractivity (Wildman–Crippen MR) is 109 cm³/mol. The summed E-state index contributed by atoms with van der Waals surface area (Å²) in [6.45, 7) is 6.34. The van der Waals surface area contributed by atoms with Crippen LogP contribution in [0.4, 0.5) is 4.39 Å². The number of carbonyl (C=O) groups is 1. The number of nitrogens with zero attached hydrogens (tertiary/aromatic N) is 3. The molecule has 1 fully saturated rings. The molecule has 0 saturated carbocycles. The molecule has 0 aliphatic carbocycles. The summed E-state index contributed by atoms with van der Waals surface area (Å²) in [5.41, 5.74) is 4.72. The zero-order valence-electron chi connectivity index (χ0n) is 16.5. The molecule has 2 aromatic rings. The number of hydrogen-bond donors (Lipinski definition) is 0. The number of hydrazone groups is 1. The van der Waals surface area contributed by atoms with Crippen LogP contribution in [-0.4, -0.2) is 41.2 Å². The van der Waals surface area contributed by atoms with Crippen LogP contribution >= 0.6 is 0 Å². The second kappa shape index (κ2) is 7.84. The molecule has 0 radical (unpaired) electrons. The lowest BCUT2D eigenvalue weighted by atomic mass is 9.95. The first-order valence-electron chi connectivity index (χ1n) is 9.97. The van der Waals surface area contributed by atoms with Crippen LogP contribution in [0.2, 0.25) is 0 Å². The van der Waals surface area contributed by atoms with Crippen molar-refractivity contribution in [3.63, 3.8) is 0 Å². The average molecular weight is 379 g/mol. The Hall–Kier alpha value is -2.53. The number of carbonyl (C=O) groups excluding carboxylic acids is 1.